The second-order valence-corrected chi connectivity index (χ2v) is 5.76. The predicted molar refractivity (Wildman–Crippen MR) is 88.7 cm³/mol. The Morgan fingerprint density at radius 2 is 1.38 bits per heavy atom. The molecule has 1 unspecified atom stereocenters. The molecule has 0 aliphatic heterocycles. The number of fused-ring (bicyclic) bond motifs is 1. The van der Waals surface area contributed by atoms with Gasteiger partial charge in [0.15, 0.2) is 0 Å². The van der Waals surface area contributed by atoms with Gasteiger partial charge in [-0.3, -0.25) is 0 Å². The van der Waals surface area contributed by atoms with Crippen LogP contribution >= 0.6 is 0 Å². The molecule has 0 heterocycles. The molecule has 1 N–H and O–H groups in total. The van der Waals surface area contributed by atoms with Crippen LogP contribution in [0.1, 0.15) is 33.9 Å². The van der Waals surface area contributed by atoms with E-state index in [-0.39, 0.29) is 0 Å². The summed E-state index contributed by atoms with van der Waals surface area (Å²) in [7, 11) is 0. The first-order chi connectivity index (χ1) is 10.1. The van der Waals surface area contributed by atoms with Crippen molar-refractivity contribution in [3.63, 3.8) is 0 Å². The van der Waals surface area contributed by atoms with Crippen LogP contribution < -0.4 is 0 Å². The lowest BCUT2D eigenvalue weighted by Crippen LogP contribution is -2.04. The molecule has 0 spiro atoms. The first kappa shape index (κ1) is 13.8. The minimum absolute atomic E-state index is 0.588. The van der Waals surface area contributed by atoms with Gasteiger partial charge in [0.25, 0.3) is 0 Å². The lowest BCUT2D eigenvalue weighted by molar-refractivity contribution is 0.221. The van der Waals surface area contributed by atoms with Gasteiger partial charge >= 0.3 is 0 Å². The van der Waals surface area contributed by atoms with Gasteiger partial charge in [0, 0.05) is 0 Å². The molecule has 3 aromatic carbocycles. The van der Waals surface area contributed by atoms with E-state index in [0.29, 0.717) is 0 Å². The Hall–Kier alpha value is -2.12. The molecule has 0 saturated carbocycles. The van der Waals surface area contributed by atoms with Crippen molar-refractivity contribution < 1.29 is 5.11 Å². The monoisotopic (exact) mass is 276 g/mol. The fourth-order valence-corrected chi connectivity index (χ4v) is 2.93. The topological polar surface area (TPSA) is 20.2 Å². The molecule has 0 aliphatic rings. The van der Waals surface area contributed by atoms with Crippen LogP contribution in [0.4, 0.5) is 0 Å². The van der Waals surface area contributed by atoms with Crippen molar-refractivity contribution in [2.45, 2.75) is 26.9 Å². The van der Waals surface area contributed by atoms with Gasteiger partial charge in [-0.25, -0.2) is 0 Å². The van der Waals surface area contributed by atoms with Gasteiger partial charge in [-0.1, -0.05) is 54.6 Å². The highest BCUT2D eigenvalue weighted by atomic mass is 16.3. The van der Waals surface area contributed by atoms with E-state index in [2.05, 4.69) is 51.1 Å². The van der Waals surface area contributed by atoms with Crippen LogP contribution in [0.5, 0.6) is 0 Å². The van der Waals surface area contributed by atoms with Crippen LogP contribution in [0.2, 0.25) is 0 Å². The van der Waals surface area contributed by atoms with E-state index in [0.717, 1.165) is 27.5 Å². The second-order valence-electron chi connectivity index (χ2n) is 5.76. The Bertz CT molecular complexity index is 797. The smallest absolute Gasteiger partial charge is 0.105 e. The van der Waals surface area contributed by atoms with Crippen LogP contribution in [0.25, 0.3) is 10.8 Å². The quantitative estimate of drug-likeness (QED) is 0.709. The molecule has 0 radical (unpaired) electrons. The summed E-state index contributed by atoms with van der Waals surface area (Å²) in [6.07, 6.45) is -0.588. The van der Waals surface area contributed by atoms with Crippen molar-refractivity contribution in [3.05, 3.63) is 82.4 Å². The van der Waals surface area contributed by atoms with Crippen molar-refractivity contribution in [3.8, 4) is 0 Å². The SMILES string of the molecule is Cc1cc(C)c(C(O)c2cccc3ccccc23)cc1C. The van der Waals surface area contributed by atoms with Crippen molar-refractivity contribution >= 4 is 10.8 Å². The van der Waals surface area contributed by atoms with Crippen LogP contribution in [0.3, 0.4) is 0 Å². The number of hydrogen-bond donors (Lipinski definition) is 1. The molecule has 21 heavy (non-hydrogen) atoms. The lowest BCUT2D eigenvalue weighted by atomic mass is 9.91. The molecule has 0 saturated heterocycles. The maximum Gasteiger partial charge on any atom is 0.105 e. The van der Waals surface area contributed by atoms with Crippen LogP contribution in [0, 0.1) is 20.8 Å². The van der Waals surface area contributed by atoms with Gasteiger partial charge in [-0.2, -0.15) is 0 Å². The summed E-state index contributed by atoms with van der Waals surface area (Å²) in [6, 6.07) is 18.6. The Morgan fingerprint density at radius 3 is 2.19 bits per heavy atom. The highest BCUT2D eigenvalue weighted by Gasteiger charge is 2.16. The van der Waals surface area contributed by atoms with Gasteiger partial charge in [0.2, 0.25) is 0 Å². The zero-order valence-corrected chi connectivity index (χ0v) is 12.7. The predicted octanol–water partition coefficient (Wildman–Crippen LogP) is 4.85. The standard InChI is InChI=1S/C20H20O/c1-13-11-15(3)19(12-14(13)2)20(21)18-10-6-8-16-7-4-5-9-17(16)18/h4-12,20-21H,1-3H3. The van der Waals surface area contributed by atoms with Crippen molar-refractivity contribution in [2.24, 2.45) is 0 Å². The highest BCUT2D eigenvalue weighted by molar-refractivity contribution is 5.86. The normalized spacial score (nSPS) is 12.6. The minimum atomic E-state index is -0.588. The van der Waals surface area contributed by atoms with E-state index in [1.807, 2.05) is 24.3 Å². The number of rotatable bonds is 2. The van der Waals surface area contributed by atoms with Crippen molar-refractivity contribution in [1.82, 2.24) is 0 Å². The van der Waals surface area contributed by atoms with Crippen LogP contribution in [-0.4, -0.2) is 5.11 Å². The molecular weight excluding hydrogens is 256 g/mol. The Balaban J connectivity index is 2.17. The second kappa shape index (κ2) is 5.34. The molecule has 0 bridgehead atoms. The van der Waals surface area contributed by atoms with Gasteiger partial charge < -0.3 is 5.11 Å². The molecule has 0 aromatic heterocycles. The van der Waals surface area contributed by atoms with E-state index < -0.39 is 6.10 Å². The van der Waals surface area contributed by atoms with Gasteiger partial charge in [-0.05, 0) is 59.4 Å². The maximum absolute atomic E-state index is 10.9. The fourth-order valence-electron chi connectivity index (χ4n) is 2.93. The average molecular weight is 276 g/mol. The molecule has 0 amide bonds. The molecule has 0 fully saturated rings. The molecule has 3 aromatic rings. The molecular formula is C20H20O. The summed E-state index contributed by atoms with van der Waals surface area (Å²) in [5.41, 5.74) is 5.59. The van der Waals surface area contributed by atoms with Crippen molar-refractivity contribution in [1.29, 1.82) is 0 Å². The van der Waals surface area contributed by atoms with E-state index in [9.17, 15) is 5.11 Å². The largest absolute Gasteiger partial charge is 0.384 e. The van der Waals surface area contributed by atoms with Gasteiger partial charge in [-0.15, -0.1) is 0 Å². The average Bonchev–Trinajstić information content (AvgIpc) is 2.49. The number of aliphatic hydroxyl groups excluding tert-OH is 1. The summed E-state index contributed by atoms with van der Waals surface area (Å²) >= 11 is 0. The summed E-state index contributed by atoms with van der Waals surface area (Å²) in [4.78, 5) is 0. The summed E-state index contributed by atoms with van der Waals surface area (Å²) in [5.74, 6) is 0. The Labute approximate surface area is 125 Å². The van der Waals surface area contributed by atoms with E-state index in [4.69, 9.17) is 0 Å². The van der Waals surface area contributed by atoms with E-state index >= 15 is 0 Å². The highest BCUT2D eigenvalue weighted by Crippen LogP contribution is 2.31. The third-order valence-electron chi connectivity index (χ3n) is 4.29. The Morgan fingerprint density at radius 1 is 0.714 bits per heavy atom. The number of aliphatic hydroxyl groups is 1. The van der Waals surface area contributed by atoms with Gasteiger partial charge in [0.05, 0.1) is 0 Å². The fraction of sp³-hybridized carbons (Fsp3) is 0.200. The molecule has 106 valence electrons. The lowest BCUT2D eigenvalue weighted by Gasteiger charge is -2.18. The number of benzene rings is 3. The van der Waals surface area contributed by atoms with Crippen LogP contribution in [-0.2, 0) is 0 Å². The third-order valence-corrected chi connectivity index (χ3v) is 4.29. The Kier molecular flexibility index (Phi) is 3.52. The molecule has 1 heteroatoms. The number of aryl methyl sites for hydroxylation is 3. The summed E-state index contributed by atoms with van der Waals surface area (Å²) < 4.78 is 0. The molecule has 0 aliphatic carbocycles. The zero-order valence-electron chi connectivity index (χ0n) is 12.7. The first-order valence-electron chi connectivity index (χ1n) is 7.31. The first-order valence-corrected chi connectivity index (χ1v) is 7.31. The summed E-state index contributed by atoms with van der Waals surface area (Å²) in [6.45, 7) is 6.26. The molecule has 1 nitrogen and oxygen atoms in total. The number of hydrogen-bond acceptors (Lipinski definition) is 1. The zero-order chi connectivity index (χ0) is 15.0. The minimum Gasteiger partial charge on any atom is -0.384 e. The third kappa shape index (κ3) is 2.45. The van der Waals surface area contributed by atoms with Crippen LogP contribution in [0.15, 0.2) is 54.6 Å². The van der Waals surface area contributed by atoms with E-state index in [1.165, 1.54) is 11.1 Å². The molecule has 3 rings (SSSR count). The van der Waals surface area contributed by atoms with E-state index in [1.54, 1.807) is 0 Å². The maximum atomic E-state index is 10.9. The summed E-state index contributed by atoms with van der Waals surface area (Å²) in [5, 5.41) is 13.2. The molecule has 1 atom stereocenters. The van der Waals surface area contributed by atoms with Crippen molar-refractivity contribution in [2.75, 3.05) is 0 Å². The van der Waals surface area contributed by atoms with Gasteiger partial charge in [0.1, 0.15) is 6.10 Å².